The number of carbonyl (C=O) groups excluding carboxylic acids is 3. The Morgan fingerprint density at radius 3 is 2.21 bits per heavy atom. The molecule has 1 heterocycles. The number of hydrogen-bond acceptors (Lipinski definition) is 3. The molecule has 3 amide bonds. The number of amides is 3. The number of benzene rings is 4. The van der Waals surface area contributed by atoms with E-state index in [0.717, 1.165) is 11.1 Å². The van der Waals surface area contributed by atoms with E-state index in [4.69, 9.17) is 11.6 Å². The van der Waals surface area contributed by atoms with Crippen molar-refractivity contribution in [3.8, 4) is 11.1 Å². The highest BCUT2D eigenvalue weighted by Gasteiger charge is 2.38. The largest absolute Gasteiger partial charge is 0.322 e. The molecule has 5 nitrogen and oxygen atoms in total. The molecule has 5 rings (SSSR count). The van der Waals surface area contributed by atoms with Gasteiger partial charge in [-0.15, -0.1) is 0 Å². The molecular formula is C27H17ClN2O3. The lowest BCUT2D eigenvalue weighted by molar-refractivity contribution is 0.0925. The second kappa shape index (κ2) is 8.37. The minimum atomic E-state index is -0.462. The number of rotatable bonds is 4. The first-order valence-electron chi connectivity index (χ1n) is 10.3. The molecule has 1 N–H and O–H groups in total. The van der Waals surface area contributed by atoms with Gasteiger partial charge < -0.3 is 5.32 Å². The van der Waals surface area contributed by atoms with E-state index in [-0.39, 0.29) is 16.7 Å². The number of fused-ring (bicyclic) bond motifs is 1. The lowest BCUT2D eigenvalue weighted by atomic mass is 10.0. The molecule has 0 fully saturated rings. The molecule has 0 spiro atoms. The Hall–Kier alpha value is -4.22. The van der Waals surface area contributed by atoms with Crippen LogP contribution in [0.1, 0.15) is 31.1 Å². The molecule has 4 aromatic rings. The third kappa shape index (κ3) is 3.79. The van der Waals surface area contributed by atoms with Crippen LogP contribution in [0.2, 0.25) is 5.02 Å². The first-order valence-corrected chi connectivity index (χ1v) is 10.6. The van der Waals surface area contributed by atoms with E-state index < -0.39 is 17.7 Å². The van der Waals surface area contributed by atoms with Crippen LogP contribution in [0, 0.1) is 0 Å². The number of para-hydroxylation sites is 1. The summed E-state index contributed by atoms with van der Waals surface area (Å²) in [5.74, 6) is -1.28. The van der Waals surface area contributed by atoms with Crippen molar-refractivity contribution in [2.24, 2.45) is 0 Å². The van der Waals surface area contributed by atoms with Gasteiger partial charge >= 0.3 is 0 Å². The predicted octanol–water partition coefficient (Wildman–Crippen LogP) is 6.06. The summed E-state index contributed by atoms with van der Waals surface area (Å²) >= 11 is 5.98. The van der Waals surface area contributed by atoms with Gasteiger partial charge in [-0.2, -0.15) is 0 Å². The van der Waals surface area contributed by atoms with Crippen LogP contribution in [0.5, 0.6) is 0 Å². The molecule has 33 heavy (non-hydrogen) atoms. The van der Waals surface area contributed by atoms with Crippen LogP contribution in [-0.2, 0) is 0 Å². The second-order valence-corrected chi connectivity index (χ2v) is 7.99. The molecular weight excluding hydrogens is 436 g/mol. The molecule has 4 aromatic carbocycles. The average Bonchev–Trinajstić information content (AvgIpc) is 3.09. The fourth-order valence-electron chi connectivity index (χ4n) is 3.90. The number of nitrogens with one attached hydrogen (secondary N) is 1. The van der Waals surface area contributed by atoms with Crippen molar-refractivity contribution >= 4 is 40.7 Å². The highest BCUT2D eigenvalue weighted by Crippen LogP contribution is 2.36. The zero-order valence-electron chi connectivity index (χ0n) is 17.3. The molecule has 0 aromatic heterocycles. The molecule has 0 aliphatic carbocycles. The van der Waals surface area contributed by atoms with Crippen molar-refractivity contribution in [3.05, 3.63) is 119 Å². The van der Waals surface area contributed by atoms with Gasteiger partial charge in [-0.25, -0.2) is 4.90 Å². The fourth-order valence-corrected chi connectivity index (χ4v) is 4.09. The monoisotopic (exact) mass is 452 g/mol. The quantitative estimate of drug-likeness (QED) is 0.383. The SMILES string of the molecule is O=C(Nc1cccc(Cl)c1)c1ccc2c(c1)C(=O)N(c1ccccc1-c1ccccc1)C2=O. The van der Waals surface area contributed by atoms with Crippen molar-refractivity contribution in [3.63, 3.8) is 0 Å². The maximum absolute atomic E-state index is 13.3. The van der Waals surface area contributed by atoms with E-state index in [1.54, 1.807) is 36.4 Å². The number of nitrogens with zero attached hydrogens (tertiary/aromatic N) is 1. The first kappa shape index (κ1) is 20.7. The second-order valence-electron chi connectivity index (χ2n) is 7.55. The van der Waals surface area contributed by atoms with Gasteiger partial charge in [-0.3, -0.25) is 14.4 Å². The molecule has 0 radical (unpaired) electrons. The van der Waals surface area contributed by atoms with Gasteiger partial charge in [0.1, 0.15) is 0 Å². The van der Waals surface area contributed by atoms with Crippen LogP contribution in [0.15, 0.2) is 97.1 Å². The molecule has 0 saturated heterocycles. The van der Waals surface area contributed by atoms with Crippen molar-refractivity contribution in [1.29, 1.82) is 0 Å². The summed E-state index contributed by atoms with van der Waals surface area (Å²) in [6.07, 6.45) is 0. The van der Waals surface area contributed by atoms with Gasteiger partial charge in [-0.1, -0.05) is 66.2 Å². The molecule has 160 valence electrons. The number of carbonyl (C=O) groups is 3. The zero-order chi connectivity index (χ0) is 22.9. The van der Waals surface area contributed by atoms with Gasteiger partial charge in [-0.05, 0) is 48.0 Å². The van der Waals surface area contributed by atoms with E-state index >= 15 is 0 Å². The number of hydrogen-bond donors (Lipinski definition) is 1. The van der Waals surface area contributed by atoms with E-state index in [0.29, 0.717) is 16.4 Å². The van der Waals surface area contributed by atoms with Crippen LogP contribution in [0.4, 0.5) is 11.4 Å². The summed E-state index contributed by atoms with van der Waals surface area (Å²) in [7, 11) is 0. The van der Waals surface area contributed by atoms with E-state index in [1.165, 1.54) is 23.1 Å². The number of anilines is 2. The average molecular weight is 453 g/mol. The van der Waals surface area contributed by atoms with Crippen molar-refractivity contribution in [2.75, 3.05) is 10.2 Å². The lowest BCUT2D eigenvalue weighted by Crippen LogP contribution is -2.29. The third-order valence-electron chi connectivity index (χ3n) is 5.46. The minimum Gasteiger partial charge on any atom is -0.322 e. The topological polar surface area (TPSA) is 66.5 Å². The summed E-state index contributed by atoms with van der Waals surface area (Å²) in [6.45, 7) is 0. The molecule has 0 saturated carbocycles. The van der Waals surface area contributed by atoms with Crippen LogP contribution < -0.4 is 10.2 Å². The minimum absolute atomic E-state index is 0.196. The van der Waals surface area contributed by atoms with Crippen LogP contribution in [0.3, 0.4) is 0 Å². The maximum Gasteiger partial charge on any atom is 0.266 e. The number of imide groups is 1. The van der Waals surface area contributed by atoms with E-state index in [9.17, 15) is 14.4 Å². The Kier molecular flexibility index (Phi) is 5.24. The van der Waals surface area contributed by atoms with E-state index in [2.05, 4.69) is 5.32 Å². The van der Waals surface area contributed by atoms with Crippen LogP contribution in [-0.4, -0.2) is 17.7 Å². The number of halogens is 1. The van der Waals surface area contributed by atoms with Crippen molar-refractivity contribution in [2.45, 2.75) is 0 Å². The van der Waals surface area contributed by atoms with Gasteiger partial charge in [0.2, 0.25) is 0 Å². The highest BCUT2D eigenvalue weighted by molar-refractivity contribution is 6.35. The fraction of sp³-hybridized carbons (Fsp3) is 0. The van der Waals surface area contributed by atoms with Gasteiger partial charge in [0.25, 0.3) is 17.7 Å². The predicted molar refractivity (Wildman–Crippen MR) is 129 cm³/mol. The molecule has 6 heteroatoms. The molecule has 1 aliphatic rings. The van der Waals surface area contributed by atoms with Gasteiger partial charge in [0.15, 0.2) is 0 Å². The normalized spacial score (nSPS) is 12.6. The standard InChI is InChI=1S/C27H17ClN2O3/c28-19-9-6-10-20(16-19)29-25(31)18-13-14-22-23(15-18)27(33)30(26(22)32)24-12-5-4-11-21(24)17-7-2-1-3-8-17/h1-16H,(H,29,31). The van der Waals surface area contributed by atoms with Gasteiger partial charge in [0.05, 0.1) is 16.8 Å². The highest BCUT2D eigenvalue weighted by atomic mass is 35.5. The summed E-state index contributed by atoms with van der Waals surface area (Å²) in [5, 5.41) is 3.25. The Balaban J connectivity index is 1.49. The smallest absolute Gasteiger partial charge is 0.266 e. The summed E-state index contributed by atoms with van der Waals surface area (Å²) in [4.78, 5) is 40.4. The van der Waals surface area contributed by atoms with Gasteiger partial charge in [0, 0.05) is 21.8 Å². The Morgan fingerprint density at radius 2 is 1.42 bits per heavy atom. The van der Waals surface area contributed by atoms with Crippen LogP contribution >= 0.6 is 11.6 Å². The summed E-state index contributed by atoms with van der Waals surface area (Å²) < 4.78 is 0. The lowest BCUT2D eigenvalue weighted by Gasteiger charge is -2.18. The van der Waals surface area contributed by atoms with E-state index in [1.807, 2.05) is 42.5 Å². The molecule has 0 unspecified atom stereocenters. The summed E-state index contributed by atoms with van der Waals surface area (Å²) in [5.41, 5.74) is 3.43. The Labute approximate surface area is 195 Å². The first-order chi connectivity index (χ1) is 16.0. The maximum atomic E-state index is 13.3. The summed E-state index contributed by atoms with van der Waals surface area (Å²) in [6, 6.07) is 28.1. The van der Waals surface area contributed by atoms with Crippen molar-refractivity contribution in [1.82, 2.24) is 0 Å². The molecule has 0 atom stereocenters. The zero-order valence-corrected chi connectivity index (χ0v) is 18.0. The molecule has 0 bridgehead atoms. The molecule has 1 aliphatic heterocycles. The van der Waals surface area contributed by atoms with Crippen molar-refractivity contribution < 1.29 is 14.4 Å². The Bertz CT molecular complexity index is 1420. The Morgan fingerprint density at radius 1 is 0.697 bits per heavy atom. The third-order valence-corrected chi connectivity index (χ3v) is 5.70. The van der Waals surface area contributed by atoms with Crippen LogP contribution in [0.25, 0.3) is 11.1 Å².